The standard InChI is InChI=1S/C19H22N2O7S2/c1-26-15-5-3-13(18(10-15)27-2)11-20-30(24,25)19-9-14(21(22)23)4-6-17(19)28-16-7-8-29-12-16/h3-6,9-10,16,20H,7-8,11-12H2,1-2H3/t16-/m0/s1. The third kappa shape index (κ3) is 5.15. The van der Waals surface area contributed by atoms with Crippen molar-refractivity contribution >= 4 is 27.5 Å². The van der Waals surface area contributed by atoms with Crippen LogP contribution in [-0.4, -0.2) is 45.2 Å². The van der Waals surface area contributed by atoms with Crippen LogP contribution in [0.5, 0.6) is 17.2 Å². The summed E-state index contributed by atoms with van der Waals surface area (Å²) in [7, 11) is -1.11. The lowest BCUT2D eigenvalue weighted by Gasteiger charge is -2.17. The van der Waals surface area contributed by atoms with E-state index >= 15 is 0 Å². The van der Waals surface area contributed by atoms with Crippen LogP contribution in [0.25, 0.3) is 0 Å². The number of thioether (sulfide) groups is 1. The normalized spacial score (nSPS) is 16.3. The van der Waals surface area contributed by atoms with E-state index in [0.29, 0.717) is 17.1 Å². The van der Waals surface area contributed by atoms with Gasteiger partial charge >= 0.3 is 0 Å². The highest BCUT2D eigenvalue weighted by atomic mass is 32.2. The van der Waals surface area contributed by atoms with E-state index in [0.717, 1.165) is 24.0 Å². The molecule has 1 saturated heterocycles. The highest BCUT2D eigenvalue weighted by Gasteiger charge is 2.26. The van der Waals surface area contributed by atoms with Crippen molar-refractivity contribution in [3.8, 4) is 17.2 Å². The van der Waals surface area contributed by atoms with Crippen LogP contribution in [0.1, 0.15) is 12.0 Å². The third-order valence-electron chi connectivity index (χ3n) is 4.56. The maximum Gasteiger partial charge on any atom is 0.271 e. The highest BCUT2D eigenvalue weighted by molar-refractivity contribution is 7.99. The number of hydrogen-bond acceptors (Lipinski definition) is 8. The topological polar surface area (TPSA) is 117 Å². The van der Waals surface area contributed by atoms with Gasteiger partial charge in [-0.05, 0) is 24.3 Å². The fourth-order valence-electron chi connectivity index (χ4n) is 2.95. The van der Waals surface area contributed by atoms with E-state index < -0.39 is 14.9 Å². The third-order valence-corrected chi connectivity index (χ3v) is 7.11. The monoisotopic (exact) mass is 454 g/mol. The van der Waals surface area contributed by atoms with Crippen molar-refractivity contribution in [1.29, 1.82) is 0 Å². The molecule has 2 aromatic rings. The first-order valence-corrected chi connectivity index (χ1v) is 11.7. The van der Waals surface area contributed by atoms with Gasteiger partial charge in [-0.15, -0.1) is 0 Å². The molecule has 0 unspecified atom stereocenters. The van der Waals surface area contributed by atoms with Crippen molar-refractivity contribution in [2.24, 2.45) is 0 Å². The summed E-state index contributed by atoms with van der Waals surface area (Å²) >= 11 is 1.71. The van der Waals surface area contributed by atoms with Gasteiger partial charge in [0.05, 0.1) is 19.1 Å². The summed E-state index contributed by atoms with van der Waals surface area (Å²) in [4.78, 5) is 10.3. The zero-order chi connectivity index (χ0) is 21.7. The van der Waals surface area contributed by atoms with Crippen LogP contribution in [0.15, 0.2) is 41.3 Å². The molecule has 1 heterocycles. The molecule has 0 bridgehead atoms. The van der Waals surface area contributed by atoms with Crippen LogP contribution in [-0.2, 0) is 16.6 Å². The van der Waals surface area contributed by atoms with Crippen LogP contribution < -0.4 is 18.9 Å². The Balaban J connectivity index is 1.88. The Labute approximate surface area is 178 Å². The van der Waals surface area contributed by atoms with E-state index in [2.05, 4.69) is 4.72 Å². The van der Waals surface area contributed by atoms with Gasteiger partial charge in [0.15, 0.2) is 0 Å². The minimum absolute atomic E-state index is 0.0725. The highest BCUT2D eigenvalue weighted by Crippen LogP contribution is 2.32. The number of sulfonamides is 1. The van der Waals surface area contributed by atoms with Crippen molar-refractivity contribution in [2.45, 2.75) is 24.0 Å². The largest absolute Gasteiger partial charge is 0.497 e. The van der Waals surface area contributed by atoms with Gasteiger partial charge in [-0.2, -0.15) is 11.8 Å². The number of rotatable bonds is 9. The zero-order valence-corrected chi connectivity index (χ0v) is 18.1. The predicted molar refractivity (Wildman–Crippen MR) is 113 cm³/mol. The first kappa shape index (κ1) is 22.2. The molecule has 0 amide bonds. The average molecular weight is 455 g/mol. The van der Waals surface area contributed by atoms with E-state index in [-0.39, 0.29) is 29.0 Å². The van der Waals surface area contributed by atoms with Gasteiger partial charge < -0.3 is 14.2 Å². The number of nitro groups is 1. The van der Waals surface area contributed by atoms with Crippen LogP contribution in [0.3, 0.4) is 0 Å². The number of non-ortho nitro benzene ring substituents is 1. The van der Waals surface area contributed by atoms with E-state index in [4.69, 9.17) is 14.2 Å². The maximum absolute atomic E-state index is 13.0. The molecule has 0 aromatic heterocycles. The number of nitro benzene ring substituents is 1. The molecule has 0 saturated carbocycles. The molecule has 11 heteroatoms. The molecule has 30 heavy (non-hydrogen) atoms. The number of benzene rings is 2. The molecular weight excluding hydrogens is 432 g/mol. The fraction of sp³-hybridized carbons (Fsp3) is 0.368. The Kier molecular flexibility index (Phi) is 7.06. The maximum atomic E-state index is 13.0. The Morgan fingerprint density at radius 1 is 1.17 bits per heavy atom. The Bertz CT molecular complexity index is 1020. The molecule has 1 aliphatic heterocycles. The smallest absolute Gasteiger partial charge is 0.271 e. The molecule has 162 valence electrons. The second-order valence-electron chi connectivity index (χ2n) is 6.49. The van der Waals surface area contributed by atoms with Gasteiger partial charge in [0.25, 0.3) is 5.69 Å². The van der Waals surface area contributed by atoms with Crippen LogP contribution >= 0.6 is 11.8 Å². The summed E-state index contributed by atoms with van der Waals surface area (Å²) in [5.41, 5.74) is 0.257. The molecule has 2 aromatic carbocycles. The summed E-state index contributed by atoms with van der Waals surface area (Å²) in [6, 6.07) is 8.60. The summed E-state index contributed by atoms with van der Waals surface area (Å²) < 4.78 is 44.8. The van der Waals surface area contributed by atoms with E-state index in [1.54, 1.807) is 30.0 Å². The van der Waals surface area contributed by atoms with Gasteiger partial charge in [-0.1, -0.05) is 6.07 Å². The van der Waals surface area contributed by atoms with E-state index in [1.165, 1.54) is 26.4 Å². The number of nitrogens with one attached hydrogen (secondary N) is 1. The lowest BCUT2D eigenvalue weighted by Crippen LogP contribution is -2.25. The summed E-state index contributed by atoms with van der Waals surface area (Å²) in [5, 5.41) is 11.2. The molecule has 1 fully saturated rings. The van der Waals surface area contributed by atoms with Gasteiger partial charge in [0, 0.05) is 36.1 Å². The second-order valence-corrected chi connectivity index (χ2v) is 9.38. The van der Waals surface area contributed by atoms with Crippen molar-refractivity contribution in [3.63, 3.8) is 0 Å². The van der Waals surface area contributed by atoms with Crippen molar-refractivity contribution in [2.75, 3.05) is 25.7 Å². The van der Waals surface area contributed by atoms with Gasteiger partial charge in [0.2, 0.25) is 10.0 Å². The van der Waals surface area contributed by atoms with Crippen molar-refractivity contribution in [1.82, 2.24) is 4.72 Å². The lowest BCUT2D eigenvalue weighted by atomic mass is 10.2. The molecule has 1 N–H and O–H groups in total. The van der Waals surface area contributed by atoms with Crippen molar-refractivity contribution in [3.05, 3.63) is 52.1 Å². The molecule has 1 aliphatic rings. The fourth-order valence-corrected chi connectivity index (χ4v) is 5.20. The van der Waals surface area contributed by atoms with Gasteiger partial charge in [0.1, 0.15) is 28.2 Å². The molecule has 1 atom stereocenters. The summed E-state index contributed by atoms with van der Waals surface area (Å²) in [6.45, 7) is -0.0725. The molecule has 0 aliphatic carbocycles. The number of ether oxygens (including phenoxy) is 3. The van der Waals surface area contributed by atoms with Crippen LogP contribution in [0.4, 0.5) is 5.69 Å². The van der Waals surface area contributed by atoms with Crippen molar-refractivity contribution < 1.29 is 27.6 Å². The summed E-state index contributed by atoms with van der Waals surface area (Å²) in [5.74, 6) is 2.79. The Hall–Kier alpha value is -2.50. The van der Waals surface area contributed by atoms with Gasteiger partial charge in [-0.3, -0.25) is 10.1 Å². The first-order chi connectivity index (χ1) is 14.3. The minimum Gasteiger partial charge on any atom is -0.497 e. The molecule has 0 spiro atoms. The van der Waals surface area contributed by atoms with Crippen LogP contribution in [0.2, 0.25) is 0 Å². The number of nitrogens with zero attached hydrogens (tertiary/aromatic N) is 1. The quantitative estimate of drug-likeness (QED) is 0.454. The van der Waals surface area contributed by atoms with Crippen LogP contribution in [0, 0.1) is 10.1 Å². The Morgan fingerprint density at radius 2 is 1.97 bits per heavy atom. The SMILES string of the molecule is COc1ccc(CNS(=O)(=O)c2cc([N+](=O)[O-])ccc2O[C@H]2CCSC2)c(OC)c1. The van der Waals surface area contributed by atoms with Gasteiger partial charge in [-0.25, -0.2) is 13.1 Å². The predicted octanol–water partition coefficient (Wildman–Crippen LogP) is 2.97. The zero-order valence-electron chi connectivity index (χ0n) is 16.5. The molecular formula is C19H22N2O7S2. The lowest BCUT2D eigenvalue weighted by molar-refractivity contribution is -0.385. The van der Waals surface area contributed by atoms with E-state index in [1.807, 2.05) is 0 Å². The summed E-state index contributed by atoms with van der Waals surface area (Å²) in [6.07, 6.45) is 0.657. The number of methoxy groups -OCH3 is 2. The molecule has 0 radical (unpaired) electrons. The number of hydrogen-bond donors (Lipinski definition) is 1. The van der Waals surface area contributed by atoms with E-state index in [9.17, 15) is 18.5 Å². The first-order valence-electron chi connectivity index (χ1n) is 9.07. The average Bonchev–Trinajstić information content (AvgIpc) is 3.25. The molecule has 3 rings (SSSR count). The second kappa shape index (κ2) is 9.54. The minimum atomic E-state index is -4.10. The molecule has 9 nitrogen and oxygen atoms in total. The Morgan fingerprint density at radius 3 is 2.60 bits per heavy atom.